The molecule has 0 aliphatic heterocycles. The van der Waals surface area contributed by atoms with Crippen molar-refractivity contribution in [3.8, 4) is 0 Å². The van der Waals surface area contributed by atoms with Gasteiger partial charge in [-0.25, -0.2) is 17.9 Å². The zero-order valence-electron chi connectivity index (χ0n) is 9.94. The molecule has 2 N–H and O–H groups in total. The van der Waals surface area contributed by atoms with Gasteiger partial charge in [0, 0.05) is 6.54 Å². The van der Waals surface area contributed by atoms with Crippen LogP contribution in [0.3, 0.4) is 0 Å². The fourth-order valence-electron chi connectivity index (χ4n) is 1.11. The standard InChI is InChI=1S/C10H14BrNO4S2/c1-3-6(2)5-12-18(15,16)8-4-7(10(13)14)17-9(8)11/h4,6,12H,3,5H2,1-2H3,(H,13,14). The largest absolute Gasteiger partial charge is 0.477 e. The molecule has 1 aromatic rings. The van der Waals surface area contributed by atoms with Crippen LogP contribution >= 0.6 is 27.3 Å². The van der Waals surface area contributed by atoms with E-state index in [1.807, 2.05) is 13.8 Å². The normalized spacial score (nSPS) is 13.5. The van der Waals surface area contributed by atoms with Gasteiger partial charge in [0.1, 0.15) is 9.77 Å². The lowest BCUT2D eigenvalue weighted by Crippen LogP contribution is -2.28. The van der Waals surface area contributed by atoms with Gasteiger partial charge in [-0.15, -0.1) is 11.3 Å². The van der Waals surface area contributed by atoms with Gasteiger partial charge in [-0.1, -0.05) is 20.3 Å². The summed E-state index contributed by atoms with van der Waals surface area (Å²) in [6, 6.07) is 1.16. The molecule has 0 aliphatic rings. The lowest BCUT2D eigenvalue weighted by Gasteiger charge is -2.10. The molecule has 0 saturated heterocycles. The number of sulfonamides is 1. The smallest absolute Gasteiger partial charge is 0.345 e. The summed E-state index contributed by atoms with van der Waals surface area (Å²) >= 11 is 3.97. The summed E-state index contributed by atoms with van der Waals surface area (Å²) in [6.45, 7) is 4.25. The van der Waals surface area contributed by atoms with Gasteiger partial charge >= 0.3 is 5.97 Å². The molecule has 1 rings (SSSR count). The van der Waals surface area contributed by atoms with Gasteiger partial charge in [0.2, 0.25) is 10.0 Å². The van der Waals surface area contributed by atoms with Gasteiger partial charge < -0.3 is 5.11 Å². The first-order chi connectivity index (χ1) is 8.27. The van der Waals surface area contributed by atoms with E-state index in [1.54, 1.807) is 0 Å². The number of nitrogens with one attached hydrogen (secondary N) is 1. The van der Waals surface area contributed by atoms with Crippen LogP contribution in [0.5, 0.6) is 0 Å². The molecule has 0 aromatic carbocycles. The number of carboxylic acid groups (broad SMARTS) is 1. The van der Waals surface area contributed by atoms with E-state index in [4.69, 9.17) is 5.11 Å². The second-order valence-corrected chi connectivity index (χ2v) is 8.02. The molecule has 1 unspecified atom stereocenters. The number of carbonyl (C=O) groups is 1. The van der Waals surface area contributed by atoms with Crippen LogP contribution in [0.1, 0.15) is 29.9 Å². The Morgan fingerprint density at radius 2 is 2.22 bits per heavy atom. The molecule has 0 fully saturated rings. The molecule has 0 amide bonds. The highest BCUT2D eigenvalue weighted by molar-refractivity contribution is 9.11. The molecular weight excluding hydrogens is 342 g/mol. The van der Waals surface area contributed by atoms with Crippen LogP contribution in [0.4, 0.5) is 0 Å². The van der Waals surface area contributed by atoms with Gasteiger partial charge in [-0.2, -0.15) is 0 Å². The Balaban J connectivity index is 2.95. The maximum atomic E-state index is 12.0. The lowest BCUT2D eigenvalue weighted by molar-refractivity contribution is 0.0702. The number of aromatic carboxylic acids is 1. The average molecular weight is 356 g/mol. The molecule has 102 valence electrons. The quantitative estimate of drug-likeness (QED) is 0.821. The molecule has 1 aromatic heterocycles. The molecule has 1 atom stereocenters. The first kappa shape index (κ1) is 15.6. The predicted molar refractivity (Wildman–Crippen MR) is 73.6 cm³/mol. The van der Waals surface area contributed by atoms with Gasteiger partial charge in [0.05, 0.1) is 3.79 Å². The van der Waals surface area contributed by atoms with Crippen molar-refractivity contribution in [3.05, 3.63) is 14.7 Å². The zero-order chi connectivity index (χ0) is 13.9. The maximum Gasteiger partial charge on any atom is 0.345 e. The minimum atomic E-state index is -3.66. The fraction of sp³-hybridized carbons (Fsp3) is 0.500. The first-order valence-electron chi connectivity index (χ1n) is 5.30. The molecule has 0 radical (unpaired) electrons. The van der Waals surface area contributed by atoms with Crippen LogP contribution in [0.15, 0.2) is 14.7 Å². The Kier molecular flexibility index (Phi) is 5.32. The van der Waals surface area contributed by atoms with Crippen molar-refractivity contribution in [2.75, 3.05) is 6.54 Å². The second-order valence-electron chi connectivity index (χ2n) is 3.92. The lowest BCUT2D eigenvalue weighted by atomic mass is 10.1. The summed E-state index contributed by atoms with van der Waals surface area (Å²) in [4.78, 5) is 10.8. The average Bonchev–Trinajstić information content (AvgIpc) is 2.69. The summed E-state index contributed by atoms with van der Waals surface area (Å²) < 4.78 is 26.7. The maximum absolute atomic E-state index is 12.0. The van der Waals surface area contributed by atoms with Crippen LogP contribution in [0, 0.1) is 5.92 Å². The number of halogens is 1. The van der Waals surface area contributed by atoms with E-state index in [0.29, 0.717) is 10.3 Å². The molecule has 0 bridgehead atoms. The summed E-state index contributed by atoms with van der Waals surface area (Å²) in [6.07, 6.45) is 0.869. The predicted octanol–water partition coefficient (Wildman–Crippen LogP) is 2.53. The molecule has 0 aliphatic carbocycles. The van der Waals surface area contributed by atoms with Crippen LogP contribution in [-0.2, 0) is 10.0 Å². The Hall–Kier alpha value is -0.440. The van der Waals surface area contributed by atoms with Crippen molar-refractivity contribution >= 4 is 43.3 Å². The Bertz CT molecular complexity index is 538. The third-order valence-corrected chi connectivity index (χ3v) is 6.14. The summed E-state index contributed by atoms with van der Waals surface area (Å²) in [7, 11) is -3.66. The summed E-state index contributed by atoms with van der Waals surface area (Å²) in [5.41, 5.74) is 0. The van der Waals surface area contributed by atoms with Gasteiger partial charge in [0.15, 0.2) is 0 Å². The van der Waals surface area contributed by atoms with E-state index in [9.17, 15) is 13.2 Å². The van der Waals surface area contributed by atoms with Crippen molar-refractivity contribution in [3.63, 3.8) is 0 Å². The zero-order valence-corrected chi connectivity index (χ0v) is 13.2. The Morgan fingerprint density at radius 3 is 2.67 bits per heavy atom. The molecule has 0 saturated carbocycles. The number of rotatable bonds is 6. The summed E-state index contributed by atoms with van der Waals surface area (Å²) in [5.74, 6) is -0.903. The highest BCUT2D eigenvalue weighted by Crippen LogP contribution is 2.31. The van der Waals surface area contributed by atoms with E-state index >= 15 is 0 Å². The van der Waals surface area contributed by atoms with Crippen molar-refractivity contribution in [2.45, 2.75) is 25.2 Å². The highest BCUT2D eigenvalue weighted by atomic mass is 79.9. The van der Waals surface area contributed by atoms with E-state index in [0.717, 1.165) is 23.8 Å². The number of carboxylic acids is 1. The monoisotopic (exact) mass is 355 g/mol. The van der Waals surface area contributed by atoms with Crippen LogP contribution < -0.4 is 4.72 Å². The van der Waals surface area contributed by atoms with Crippen molar-refractivity contribution in [2.24, 2.45) is 5.92 Å². The third kappa shape index (κ3) is 3.78. The topological polar surface area (TPSA) is 83.5 Å². The first-order valence-corrected chi connectivity index (χ1v) is 8.39. The second kappa shape index (κ2) is 6.14. The van der Waals surface area contributed by atoms with Crippen molar-refractivity contribution < 1.29 is 18.3 Å². The SMILES string of the molecule is CCC(C)CNS(=O)(=O)c1cc(C(=O)O)sc1Br. The van der Waals surface area contributed by atoms with Gasteiger partial charge in [-0.05, 0) is 27.9 Å². The Labute approximate surface area is 118 Å². The van der Waals surface area contributed by atoms with E-state index < -0.39 is 16.0 Å². The van der Waals surface area contributed by atoms with Crippen LogP contribution in [0.25, 0.3) is 0 Å². The van der Waals surface area contributed by atoms with E-state index in [-0.39, 0.29) is 15.7 Å². The van der Waals surface area contributed by atoms with Gasteiger partial charge in [0.25, 0.3) is 0 Å². The highest BCUT2D eigenvalue weighted by Gasteiger charge is 2.23. The number of hydrogen-bond donors (Lipinski definition) is 2. The number of hydrogen-bond acceptors (Lipinski definition) is 4. The molecule has 0 spiro atoms. The van der Waals surface area contributed by atoms with E-state index in [2.05, 4.69) is 20.7 Å². The molecule has 8 heteroatoms. The third-order valence-electron chi connectivity index (χ3n) is 2.47. The minimum Gasteiger partial charge on any atom is -0.477 e. The van der Waals surface area contributed by atoms with Crippen LogP contribution in [-0.4, -0.2) is 26.0 Å². The van der Waals surface area contributed by atoms with Crippen LogP contribution in [0.2, 0.25) is 0 Å². The minimum absolute atomic E-state index is 0.00853. The number of thiophene rings is 1. The Morgan fingerprint density at radius 1 is 1.61 bits per heavy atom. The molecule has 1 heterocycles. The molecular formula is C10H14BrNO4S2. The molecule has 18 heavy (non-hydrogen) atoms. The summed E-state index contributed by atoms with van der Waals surface area (Å²) in [5, 5.41) is 8.82. The molecule has 5 nitrogen and oxygen atoms in total. The van der Waals surface area contributed by atoms with Gasteiger partial charge in [-0.3, -0.25) is 0 Å². The fourth-order valence-corrected chi connectivity index (χ4v) is 4.68. The van der Waals surface area contributed by atoms with Crippen molar-refractivity contribution in [1.82, 2.24) is 4.72 Å². The van der Waals surface area contributed by atoms with E-state index in [1.165, 1.54) is 0 Å². The van der Waals surface area contributed by atoms with Crippen molar-refractivity contribution in [1.29, 1.82) is 0 Å².